The molecule has 1 aliphatic heterocycles. The van der Waals surface area contributed by atoms with E-state index in [1.807, 2.05) is 31.2 Å². The molecule has 21 heavy (non-hydrogen) atoms. The third-order valence-electron chi connectivity index (χ3n) is 3.66. The van der Waals surface area contributed by atoms with E-state index < -0.39 is 12.0 Å². The van der Waals surface area contributed by atoms with Gasteiger partial charge in [0.25, 0.3) is 0 Å². The second kappa shape index (κ2) is 6.54. The van der Waals surface area contributed by atoms with Gasteiger partial charge in [-0.15, -0.1) is 0 Å². The fourth-order valence-corrected chi connectivity index (χ4v) is 2.39. The van der Waals surface area contributed by atoms with E-state index in [1.54, 1.807) is 6.08 Å². The number of carboxylic acid groups (broad SMARTS) is 1. The summed E-state index contributed by atoms with van der Waals surface area (Å²) in [6, 6.07) is 6.93. The topological polar surface area (TPSA) is 66.8 Å². The molecule has 1 N–H and O–H groups in total. The maximum Gasteiger partial charge on any atom is 0.326 e. The molecule has 1 aromatic rings. The molecule has 1 fully saturated rings. The van der Waals surface area contributed by atoms with Crippen molar-refractivity contribution >= 4 is 18.0 Å². The lowest BCUT2D eigenvalue weighted by molar-refractivity contribution is -0.146. The number of aryl methyl sites for hydroxylation is 1. The van der Waals surface area contributed by atoms with Crippen LogP contribution in [0.15, 0.2) is 30.3 Å². The number of carbonyl (C=O) groups is 2. The Morgan fingerprint density at radius 1 is 1.33 bits per heavy atom. The summed E-state index contributed by atoms with van der Waals surface area (Å²) in [6.07, 6.45) is 3.22. The van der Waals surface area contributed by atoms with Crippen molar-refractivity contribution in [2.45, 2.75) is 25.5 Å². The molecular weight excluding hydrogens is 270 g/mol. The van der Waals surface area contributed by atoms with Crippen LogP contribution < -0.4 is 0 Å². The first-order chi connectivity index (χ1) is 10.0. The van der Waals surface area contributed by atoms with Crippen molar-refractivity contribution in [3.05, 3.63) is 41.5 Å². The van der Waals surface area contributed by atoms with Gasteiger partial charge < -0.3 is 14.7 Å². The third kappa shape index (κ3) is 3.70. The molecule has 112 valence electrons. The molecule has 0 bridgehead atoms. The number of ether oxygens (including phenoxy) is 1. The Balaban J connectivity index is 2.07. The van der Waals surface area contributed by atoms with Crippen LogP contribution in [0.25, 0.3) is 6.08 Å². The van der Waals surface area contributed by atoms with E-state index in [0.717, 1.165) is 11.1 Å². The number of aliphatic carboxylic acids is 1. The van der Waals surface area contributed by atoms with Gasteiger partial charge in [-0.2, -0.15) is 0 Å². The molecular formula is C16H19NO4. The first-order valence-electron chi connectivity index (χ1n) is 6.82. The molecule has 1 aliphatic rings. The highest BCUT2D eigenvalue weighted by Gasteiger charge is 2.38. The van der Waals surface area contributed by atoms with Crippen molar-refractivity contribution in [1.82, 2.24) is 4.90 Å². The maximum absolute atomic E-state index is 12.2. The van der Waals surface area contributed by atoms with E-state index in [-0.39, 0.29) is 12.0 Å². The number of benzene rings is 1. The predicted octanol–water partition coefficient (Wildman–Crippen LogP) is 1.71. The molecule has 1 heterocycles. The van der Waals surface area contributed by atoms with E-state index in [9.17, 15) is 14.7 Å². The van der Waals surface area contributed by atoms with Crippen molar-refractivity contribution in [3.8, 4) is 0 Å². The number of rotatable bonds is 4. The van der Waals surface area contributed by atoms with Crippen molar-refractivity contribution in [1.29, 1.82) is 0 Å². The smallest absolute Gasteiger partial charge is 0.326 e. The summed E-state index contributed by atoms with van der Waals surface area (Å²) in [6.45, 7) is 2.30. The second-order valence-electron chi connectivity index (χ2n) is 5.18. The fraction of sp³-hybridized carbons (Fsp3) is 0.375. The van der Waals surface area contributed by atoms with Crippen LogP contribution in [-0.2, 0) is 14.3 Å². The number of methoxy groups -OCH3 is 1. The first kappa shape index (κ1) is 15.3. The quantitative estimate of drug-likeness (QED) is 0.857. The van der Waals surface area contributed by atoms with Gasteiger partial charge in [0, 0.05) is 26.2 Å². The number of carboxylic acids is 1. The van der Waals surface area contributed by atoms with Crippen LogP contribution in [0.5, 0.6) is 0 Å². The monoisotopic (exact) mass is 289 g/mol. The molecule has 5 nitrogen and oxygen atoms in total. The molecule has 1 aromatic carbocycles. The average molecular weight is 289 g/mol. The Hall–Kier alpha value is -2.14. The minimum absolute atomic E-state index is 0.220. The van der Waals surface area contributed by atoms with Crippen LogP contribution in [0, 0.1) is 6.92 Å². The lowest BCUT2D eigenvalue weighted by Crippen LogP contribution is -2.39. The van der Waals surface area contributed by atoms with Gasteiger partial charge in [0.2, 0.25) is 5.91 Å². The van der Waals surface area contributed by atoms with Gasteiger partial charge in [-0.3, -0.25) is 4.79 Å². The van der Waals surface area contributed by atoms with Crippen molar-refractivity contribution < 1.29 is 19.4 Å². The van der Waals surface area contributed by atoms with Crippen molar-refractivity contribution in [3.63, 3.8) is 0 Å². The zero-order valence-electron chi connectivity index (χ0n) is 12.2. The van der Waals surface area contributed by atoms with E-state index in [4.69, 9.17) is 4.74 Å². The average Bonchev–Trinajstić information content (AvgIpc) is 2.91. The molecule has 2 rings (SSSR count). The van der Waals surface area contributed by atoms with Gasteiger partial charge in [0.1, 0.15) is 6.04 Å². The Labute approximate surface area is 123 Å². The van der Waals surface area contributed by atoms with E-state index in [1.165, 1.54) is 18.1 Å². The fourth-order valence-electron chi connectivity index (χ4n) is 2.39. The molecule has 2 unspecified atom stereocenters. The lowest BCUT2D eigenvalue weighted by Gasteiger charge is -2.19. The minimum Gasteiger partial charge on any atom is -0.480 e. The number of likely N-dealkylation sites (tertiary alicyclic amines) is 1. The summed E-state index contributed by atoms with van der Waals surface area (Å²) in [5.41, 5.74) is 2.05. The molecule has 5 heteroatoms. The number of hydrogen-bond acceptors (Lipinski definition) is 3. The highest BCUT2D eigenvalue weighted by atomic mass is 16.5. The van der Waals surface area contributed by atoms with E-state index in [2.05, 4.69) is 0 Å². The van der Waals surface area contributed by atoms with Gasteiger partial charge in [0.15, 0.2) is 0 Å². The number of hydrogen-bond donors (Lipinski definition) is 1. The predicted molar refractivity (Wildman–Crippen MR) is 78.8 cm³/mol. The van der Waals surface area contributed by atoms with Crippen LogP contribution in [0.3, 0.4) is 0 Å². The Bertz CT molecular complexity index is 550. The Morgan fingerprint density at radius 3 is 2.57 bits per heavy atom. The zero-order chi connectivity index (χ0) is 15.4. The molecule has 0 aliphatic carbocycles. The van der Waals surface area contributed by atoms with Crippen LogP contribution in [0.1, 0.15) is 17.5 Å². The van der Waals surface area contributed by atoms with Crippen LogP contribution in [-0.4, -0.2) is 47.7 Å². The molecule has 1 saturated heterocycles. The SMILES string of the molecule is COC1CC(C(=O)O)N(C(=O)/C=C/c2ccc(C)cc2)C1. The highest BCUT2D eigenvalue weighted by molar-refractivity contribution is 5.94. The summed E-state index contributed by atoms with van der Waals surface area (Å²) in [5, 5.41) is 9.19. The normalized spacial score (nSPS) is 21.9. The molecule has 2 atom stereocenters. The molecule has 0 radical (unpaired) electrons. The largest absolute Gasteiger partial charge is 0.480 e. The van der Waals surface area contributed by atoms with Gasteiger partial charge >= 0.3 is 5.97 Å². The van der Waals surface area contributed by atoms with Crippen molar-refractivity contribution in [2.24, 2.45) is 0 Å². The second-order valence-corrected chi connectivity index (χ2v) is 5.18. The first-order valence-corrected chi connectivity index (χ1v) is 6.82. The molecule has 1 amide bonds. The van der Waals surface area contributed by atoms with Crippen LogP contribution in [0.2, 0.25) is 0 Å². The molecule has 0 spiro atoms. The van der Waals surface area contributed by atoms with Crippen LogP contribution in [0.4, 0.5) is 0 Å². The van der Waals surface area contributed by atoms with Gasteiger partial charge in [-0.25, -0.2) is 4.79 Å². The number of carbonyl (C=O) groups excluding carboxylic acids is 1. The highest BCUT2D eigenvalue weighted by Crippen LogP contribution is 2.21. The van der Waals surface area contributed by atoms with Gasteiger partial charge in [-0.05, 0) is 18.6 Å². The Kier molecular flexibility index (Phi) is 4.75. The zero-order valence-corrected chi connectivity index (χ0v) is 12.2. The minimum atomic E-state index is -0.994. The lowest BCUT2D eigenvalue weighted by atomic mass is 10.1. The maximum atomic E-state index is 12.2. The van der Waals surface area contributed by atoms with E-state index in [0.29, 0.717) is 13.0 Å². The van der Waals surface area contributed by atoms with Gasteiger partial charge in [-0.1, -0.05) is 29.8 Å². The van der Waals surface area contributed by atoms with Crippen molar-refractivity contribution in [2.75, 3.05) is 13.7 Å². The summed E-state index contributed by atoms with van der Waals surface area (Å²) in [7, 11) is 1.53. The number of amides is 1. The summed E-state index contributed by atoms with van der Waals surface area (Å²) < 4.78 is 5.17. The summed E-state index contributed by atoms with van der Waals surface area (Å²) in [4.78, 5) is 24.7. The summed E-state index contributed by atoms with van der Waals surface area (Å²) >= 11 is 0. The van der Waals surface area contributed by atoms with E-state index >= 15 is 0 Å². The molecule has 0 saturated carbocycles. The standard InChI is InChI=1S/C16H19NO4/c1-11-3-5-12(6-4-11)7-8-15(18)17-10-13(21-2)9-14(17)16(19)20/h3-8,13-14H,9-10H2,1-2H3,(H,19,20)/b8-7+. The molecule has 0 aromatic heterocycles. The van der Waals surface area contributed by atoms with Crippen LogP contribution >= 0.6 is 0 Å². The third-order valence-corrected chi connectivity index (χ3v) is 3.66. The number of nitrogens with zero attached hydrogens (tertiary/aromatic N) is 1. The summed E-state index contributed by atoms with van der Waals surface area (Å²) in [5.74, 6) is -1.30. The van der Waals surface area contributed by atoms with Gasteiger partial charge in [0.05, 0.1) is 6.10 Å². The Morgan fingerprint density at radius 2 is 2.00 bits per heavy atom.